The molecular weight excluding hydrogens is 576 g/mol. The summed E-state index contributed by atoms with van der Waals surface area (Å²) in [5.74, 6) is -0.0863. The van der Waals surface area contributed by atoms with E-state index in [4.69, 9.17) is 0 Å². The van der Waals surface area contributed by atoms with Crippen molar-refractivity contribution < 1.29 is 9.59 Å². The molecule has 2 amide bonds. The molecule has 230 valence electrons. The van der Waals surface area contributed by atoms with Gasteiger partial charge in [-0.2, -0.15) is 0 Å². The standard InChI is InChI=1S/C43H36N2O2/c1-29-11-3-5-13-31(29)27-41(46)44-35-23-19-33(20-24-35)43(39-17-9-7-15-37(39)38-16-8-10-18-40(38)43)34-21-25-36(26-22-34)45-42(47)28-32-14-6-4-12-30(32)2/h3-26H,27-28H2,1-2H3,(H,44,46)(H,45,47). The van der Waals surface area contributed by atoms with Crippen molar-refractivity contribution in [2.75, 3.05) is 10.6 Å². The van der Waals surface area contributed by atoms with E-state index in [1.54, 1.807) is 0 Å². The molecular formula is C43H36N2O2. The number of rotatable bonds is 8. The summed E-state index contributed by atoms with van der Waals surface area (Å²) >= 11 is 0. The van der Waals surface area contributed by atoms with E-state index in [1.165, 1.54) is 22.3 Å². The van der Waals surface area contributed by atoms with Crippen LogP contribution in [0.4, 0.5) is 11.4 Å². The average Bonchev–Trinajstić information content (AvgIpc) is 3.39. The van der Waals surface area contributed by atoms with Crippen molar-refractivity contribution in [3.8, 4) is 11.1 Å². The molecule has 0 heterocycles. The van der Waals surface area contributed by atoms with Gasteiger partial charge in [0.25, 0.3) is 0 Å². The largest absolute Gasteiger partial charge is 0.326 e. The Morgan fingerprint density at radius 1 is 0.468 bits per heavy atom. The molecule has 6 aromatic rings. The van der Waals surface area contributed by atoms with Crippen LogP contribution in [0, 0.1) is 13.8 Å². The summed E-state index contributed by atoms with van der Waals surface area (Å²) in [5, 5.41) is 6.19. The first-order valence-corrected chi connectivity index (χ1v) is 16.0. The topological polar surface area (TPSA) is 58.2 Å². The Morgan fingerprint density at radius 2 is 0.830 bits per heavy atom. The maximum Gasteiger partial charge on any atom is 0.228 e. The minimum absolute atomic E-state index is 0.0432. The molecule has 6 aromatic carbocycles. The molecule has 1 aliphatic rings. The third kappa shape index (κ3) is 5.64. The molecule has 0 saturated carbocycles. The maximum absolute atomic E-state index is 13.0. The number of nitrogens with one attached hydrogen (secondary N) is 2. The second-order valence-corrected chi connectivity index (χ2v) is 12.3. The molecule has 0 aliphatic heterocycles. The second kappa shape index (κ2) is 12.6. The van der Waals surface area contributed by atoms with Gasteiger partial charge >= 0.3 is 0 Å². The van der Waals surface area contributed by atoms with Crippen molar-refractivity contribution in [3.63, 3.8) is 0 Å². The normalized spacial score (nSPS) is 12.6. The number of hydrogen-bond donors (Lipinski definition) is 2. The van der Waals surface area contributed by atoms with Gasteiger partial charge in [0, 0.05) is 11.4 Å². The minimum atomic E-state index is -0.583. The van der Waals surface area contributed by atoms with E-state index in [9.17, 15) is 9.59 Å². The van der Waals surface area contributed by atoms with Crippen molar-refractivity contribution in [3.05, 3.63) is 190 Å². The Labute approximate surface area is 276 Å². The number of hydrogen-bond acceptors (Lipinski definition) is 2. The first kappa shape index (κ1) is 29.9. The molecule has 0 aromatic heterocycles. The van der Waals surface area contributed by atoms with Gasteiger partial charge in [0.05, 0.1) is 18.3 Å². The number of carbonyl (C=O) groups excluding carboxylic acids is 2. The van der Waals surface area contributed by atoms with Crippen molar-refractivity contribution in [1.82, 2.24) is 0 Å². The molecule has 0 radical (unpaired) electrons. The van der Waals surface area contributed by atoms with E-state index in [0.717, 1.165) is 44.8 Å². The zero-order valence-electron chi connectivity index (χ0n) is 26.6. The summed E-state index contributed by atoms with van der Waals surface area (Å²) in [4.78, 5) is 25.9. The first-order valence-electron chi connectivity index (χ1n) is 16.0. The first-order chi connectivity index (χ1) is 22.9. The number of amides is 2. The lowest BCUT2D eigenvalue weighted by molar-refractivity contribution is -0.116. The Balaban J connectivity index is 1.23. The lowest BCUT2D eigenvalue weighted by Crippen LogP contribution is -2.28. The van der Waals surface area contributed by atoms with Gasteiger partial charge in [0.2, 0.25) is 11.8 Å². The van der Waals surface area contributed by atoms with Crippen LogP contribution in [0.25, 0.3) is 11.1 Å². The van der Waals surface area contributed by atoms with Crippen LogP contribution in [0.15, 0.2) is 146 Å². The molecule has 1 aliphatic carbocycles. The number of carbonyl (C=O) groups is 2. The quantitative estimate of drug-likeness (QED) is 0.180. The lowest BCUT2D eigenvalue weighted by Gasteiger charge is -2.34. The average molecular weight is 613 g/mol. The van der Waals surface area contributed by atoms with Crippen LogP contribution >= 0.6 is 0 Å². The van der Waals surface area contributed by atoms with Gasteiger partial charge in [-0.3, -0.25) is 9.59 Å². The summed E-state index contributed by atoms with van der Waals surface area (Å²) in [6.45, 7) is 4.06. The predicted molar refractivity (Wildman–Crippen MR) is 191 cm³/mol. The minimum Gasteiger partial charge on any atom is -0.326 e. The fraction of sp³-hybridized carbons (Fsp3) is 0.116. The number of aryl methyl sites for hydroxylation is 2. The highest BCUT2D eigenvalue weighted by Gasteiger charge is 2.45. The smallest absolute Gasteiger partial charge is 0.228 e. The summed E-state index contributed by atoms with van der Waals surface area (Å²) in [5.41, 5.74) is 12.2. The van der Waals surface area contributed by atoms with E-state index in [-0.39, 0.29) is 11.8 Å². The molecule has 0 atom stereocenters. The van der Waals surface area contributed by atoms with Crippen LogP contribution in [0.3, 0.4) is 0 Å². The Kier molecular flexibility index (Phi) is 8.01. The van der Waals surface area contributed by atoms with Gasteiger partial charge in [-0.15, -0.1) is 0 Å². The van der Waals surface area contributed by atoms with Crippen LogP contribution in [0.5, 0.6) is 0 Å². The van der Waals surface area contributed by atoms with Crippen molar-refractivity contribution in [2.45, 2.75) is 32.1 Å². The summed E-state index contributed by atoms with van der Waals surface area (Å²) < 4.78 is 0. The van der Waals surface area contributed by atoms with Gasteiger partial charge < -0.3 is 10.6 Å². The number of benzene rings is 6. The number of anilines is 2. The zero-order chi connectivity index (χ0) is 32.4. The SMILES string of the molecule is Cc1ccccc1CC(=O)Nc1ccc(C2(c3ccc(NC(=O)Cc4ccccc4C)cc3)c3ccccc3-c3ccccc32)cc1. The van der Waals surface area contributed by atoms with Crippen LogP contribution < -0.4 is 10.6 Å². The van der Waals surface area contributed by atoms with Gasteiger partial charge in [-0.25, -0.2) is 0 Å². The Bertz CT molecular complexity index is 1940. The van der Waals surface area contributed by atoms with Gasteiger partial charge in [0.15, 0.2) is 0 Å². The van der Waals surface area contributed by atoms with Crippen LogP contribution in [0.2, 0.25) is 0 Å². The van der Waals surface area contributed by atoms with Gasteiger partial charge in [-0.1, -0.05) is 121 Å². The molecule has 0 unspecified atom stereocenters. The van der Waals surface area contributed by atoms with Gasteiger partial charge in [0.1, 0.15) is 0 Å². The van der Waals surface area contributed by atoms with E-state index < -0.39 is 5.41 Å². The molecule has 2 N–H and O–H groups in total. The summed E-state index contributed by atoms with van der Waals surface area (Å²) in [6, 6.07) is 49.6. The van der Waals surface area contributed by atoms with Crippen LogP contribution in [-0.2, 0) is 27.8 Å². The summed E-state index contributed by atoms with van der Waals surface area (Å²) in [7, 11) is 0. The maximum atomic E-state index is 13.0. The zero-order valence-corrected chi connectivity index (χ0v) is 26.6. The van der Waals surface area contributed by atoms with Crippen molar-refractivity contribution >= 4 is 23.2 Å². The predicted octanol–water partition coefficient (Wildman–Crippen LogP) is 9.03. The Hall–Kier alpha value is -5.74. The molecule has 47 heavy (non-hydrogen) atoms. The van der Waals surface area contributed by atoms with E-state index in [1.807, 2.05) is 86.6 Å². The highest BCUT2D eigenvalue weighted by molar-refractivity contribution is 5.94. The Morgan fingerprint density at radius 3 is 1.23 bits per heavy atom. The lowest BCUT2D eigenvalue weighted by atomic mass is 9.67. The van der Waals surface area contributed by atoms with E-state index in [0.29, 0.717) is 12.8 Å². The van der Waals surface area contributed by atoms with Crippen LogP contribution in [0.1, 0.15) is 44.5 Å². The fourth-order valence-electron chi connectivity index (χ4n) is 7.00. The molecule has 0 saturated heterocycles. The fourth-order valence-corrected chi connectivity index (χ4v) is 7.00. The highest BCUT2D eigenvalue weighted by atomic mass is 16.2. The monoisotopic (exact) mass is 612 g/mol. The molecule has 0 fully saturated rings. The molecule has 7 rings (SSSR count). The van der Waals surface area contributed by atoms with Crippen LogP contribution in [-0.4, -0.2) is 11.8 Å². The second-order valence-electron chi connectivity index (χ2n) is 12.3. The van der Waals surface area contributed by atoms with Crippen molar-refractivity contribution in [2.24, 2.45) is 0 Å². The summed E-state index contributed by atoms with van der Waals surface area (Å²) in [6.07, 6.45) is 0.653. The van der Waals surface area contributed by atoms with E-state index in [2.05, 4.69) is 83.4 Å². The molecule has 4 heteroatoms. The molecule has 0 bridgehead atoms. The van der Waals surface area contributed by atoms with Crippen molar-refractivity contribution in [1.29, 1.82) is 0 Å². The highest BCUT2D eigenvalue weighted by Crippen LogP contribution is 2.56. The molecule has 0 spiro atoms. The third-order valence-electron chi connectivity index (χ3n) is 9.38. The van der Waals surface area contributed by atoms with E-state index >= 15 is 0 Å². The number of fused-ring (bicyclic) bond motifs is 3. The third-order valence-corrected chi connectivity index (χ3v) is 9.38. The van der Waals surface area contributed by atoms with Gasteiger partial charge in [-0.05, 0) is 93.7 Å². The molecule has 4 nitrogen and oxygen atoms in total.